The van der Waals surface area contributed by atoms with Crippen molar-refractivity contribution >= 4 is 11.6 Å². The number of aryl methyl sites for hydroxylation is 2. The second-order valence-corrected chi connectivity index (χ2v) is 3.95. The van der Waals surface area contributed by atoms with Gasteiger partial charge in [0.05, 0.1) is 24.0 Å². The monoisotopic (exact) mass is 240 g/mol. The van der Waals surface area contributed by atoms with Crippen molar-refractivity contribution in [2.24, 2.45) is 7.05 Å². The number of carbonyl (C=O) groups excluding carboxylic acids is 1. The van der Waals surface area contributed by atoms with Crippen molar-refractivity contribution in [2.75, 3.05) is 12.3 Å². The van der Waals surface area contributed by atoms with Crippen molar-refractivity contribution < 1.29 is 9.90 Å². The molecule has 6 heteroatoms. The van der Waals surface area contributed by atoms with E-state index in [0.29, 0.717) is 24.2 Å². The highest BCUT2D eigenvalue weighted by atomic mass is 16.3. The Balaban J connectivity index is 2.92. The van der Waals surface area contributed by atoms with Crippen LogP contribution in [0.4, 0.5) is 5.69 Å². The number of rotatable bonds is 5. The number of hydrogen-bond donors (Lipinski definition) is 3. The molecule has 1 aromatic heterocycles. The van der Waals surface area contributed by atoms with E-state index in [9.17, 15) is 4.79 Å². The number of nitrogen functional groups attached to an aromatic ring is 1. The molecule has 1 heterocycles. The van der Waals surface area contributed by atoms with E-state index < -0.39 is 0 Å². The fourth-order valence-electron chi connectivity index (χ4n) is 1.66. The number of amides is 1. The smallest absolute Gasteiger partial charge is 0.271 e. The third-order valence-corrected chi connectivity index (χ3v) is 2.76. The van der Waals surface area contributed by atoms with Crippen LogP contribution in [0.3, 0.4) is 0 Å². The second-order valence-electron chi connectivity index (χ2n) is 3.95. The zero-order valence-corrected chi connectivity index (χ0v) is 10.5. The highest BCUT2D eigenvalue weighted by Gasteiger charge is 2.20. The molecule has 0 unspecified atom stereocenters. The van der Waals surface area contributed by atoms with Crippen LogP contribution < -0.4 is 11.1 Å². The summed E-state index contributed by atoms with van der Waals surface area (Å²) in [5, 5.41) is 15.9. The predicted octanol–water partition coefficient (Wildman–Crippen LogP) is 0.0654. The van der Waals surface area contributed by atoms with Crippen LogP contribution >= 0.6 is 0 Å². The minimum absolute atomic E-state index is 0.0827. The van der Waals surface area contributed by atoms with Crippen LogP contribution in [0.5, 0.6) is 0 Å². The Morgan fingerprint density at radius 3 is 2.65 bits per heavy atom. The first-order valence-electron chi connectivity index (χ1n) is 5.78. The fraction of sp³-hybridized carbons (Fsp3) is 0.636. The molecule has 0 radical (unpaired) electrons. The van der Waals surface area contributed by atoms with Gasteiger partial charge in [-0.3, -0.25) is 9.48 Å². The van der Waals surface area contributed by atoms with Crippen LogP contribution in [0, 0.1) is 0 Å². The van der Waals surface area contributed by atoms with Crippen LogP contribution in [0.1, 0.15) is 36.5 Å². The van der Waals surface area contributed by atoms with E-state index in [4.69, 9.17) is 10.8 Å². The molecule has 1 atom stereocenters. The van der Waals surface area contributed by atoms with Crippen molar-refractivity contribution in [1.82, 2.24) is 15.1 Å². The van der Waals surface area contributed by atoms with E-state index in [2.05, 4.69) is 10.4 Å². The fourth-order valence-corrected chi connectivity index (χ4v) is 1.66. The van der Waals surface area contributed by atoms with Crippen molar-refractivity contribution in [1.29, 1.82) is 0 Å². The van der Waals surface area contributed by atoms with Crippen LogP contribution in [-0.2, 0) is 13.5 Å². The van der Waals surface area contributed by atoms with Gasteiger partial charge in [0.1, 0.15) is 5.69 Å². The molecule has 1 aromatic rings. The molecular formula is C11H20N4O2. The van der Waals surface area contributed by atoms with E-state index in [1.807, 2.05) is 13.8 Å². The van der Waals surface area contributed by atoms with Crippen molar-refractivity contribution in [2.45, 2.75) is 32.7 Å². The predicted molar refractivity (Wildman–Crippen MR) is 65.6 cm³/mol. The van der Waals surface area contributed by atoms with Gasteiger partial charge in [0.25, 0.3) is 5.91 Å². The standard InChI is InChI=1S/C11H20N4O2/c1-4-7(6-16)13-11(17)10-9(12)8(5-2)14-15(10)3/h7,16H,4-6,12H2,1-3H3,(H,13,17)/t7-/m0/s1. The van der Waals surface area contributed by atoms with E-state index in [1.54, 1.807) is 7.05 Å². The van der Waals surface area contributed by atoms with Gasteiger partial charge in [-0.1, -0.05) is 13.8 Å². The van der Waals surface area contributed by atoms with Gasteiger partial charge in [0, 0.05) is 7.05 Å². The number of aliphatic hydroxyl groups is 1. The lowest BCUT2D eigenvalue weighted by Crippen LogP contribution is -2.38. The third-order valence-electron chi connectivity index (χ3n) is 2.76. The van der Waals surface area contributed by atoms with E-state index in [1.165, 1.54) is 4.68 Å². The summed E-state index contributed by atoms with van der Waals surface area (Å²) >= 11 is 0. The minimum Gasteiger partial charge on any atom is -0.395 e. The quantitative estimate of drug-likeness (QED) is 0.678. The maximum absolute atomic E-state index is 12.0. The highest BCUT2D eigenvalue weighted by Crippen LogP contribution is 2.16. The molecule has 1 amide bonds. The molecule has 96 valence electrons. The topological polar surface area (TPSA) is 93.2 Å². The molecule has 0 fully saturated rings. The summed E-state index contributed by atoms with van der Waals surface area (Å²) in [5.74, 6) is -0.293. The third kappa shape index (κ3) is 2.76. The molecule has 0 aliphatic rings. The summed E-state index contributed by atoms with van der Waals surface area (Å²) in [6.07, 6.45) is 1.35. The van der Waals surface area contributed by atoms with Gasteiger partial charge in [-0.25, -0.2) is 0 Å². The Kier molecular flexibility index (Phi) is 4.51. The van der Waals surface area contributed by atoms with Gasteiger partial charge in [-0.15, -0.1) is 0 Å². The van der Waals surface area contributed by atoms with Gasteiger partial charge in [-0.2, -0.15) is 5.10 Å². The average Bonchev–Trinajstić information content (AvgIpc) is 2.60. The number of nitrogens with two attached hydrogens (primary N) is 1. The Labute approximate surface area is 101 Å². The number of nitrogens with one attached hydrogen (secondary N) is 1. The SMILES string of the molecule is CCc1nn(C)c(C(=O)N[C@@H](CC)CO)c1N. The minimum atomic E-state index is -0.293. The van der Waals surface area contributed by atoms with Gasteiger partial charge in [0.15, 0.2) is 0 Å². The van der Waals surface area contributed by atoms with E-state index in [0.717, 1.165) is 5.69 Å². The van der Waals surface area contributed by atoms with E-state index >= 15 is 0 Å². The summed E-state index contributed by atoms with van der Waals surface area (Å²) in [5.41, 5.74) is 7.36. The Morgan fingerprint density at radius 1 is 1.59 bits per heavy atom. The second kappa shape index (κ2) is 5.67. The molecule has 1 rings (SSSR count). The molecule has 0 aliphatic carbocycles. The molecule has 6 nitrogen and oxygen atoms in total. The van der Waals surface area contributed by atoms with E-state index in [-0.39, 0.29) is 18.6 Å². The molecule has 0 aromatic carbocycles. The summed E-state index contributed by atoms with van der Waals surface area (Å²) < 4.78 is 1.48. The lowest BCUT2D eigenvalue weighted by molar-refractivity contribution is 0.0906. The first-order valence-corrected chi connectivity index (χ1v) is 5.78. The molecule has 4 N–H and O–H groups in total. The van der Waals surface area contributed by atoms with Gasteiger partial charge in [-0.05, 0) is 12.8 Å². The number of aliphatic hydroxyl groups excluding tert-OH is 1. The number of hydrogen-bond acceptors (Lipinski definition) is 4. The van der Waals surface area contributed by atoms with Crippen molar-refractivity contribution in [3.05, 3.63) is 11.4 Å². The number of carbonyl (C=O) groups is 1. The number of nitrogens with zero attached hydrogens (tertiary/aromatic N) is 2. The van der Waals surface area contributed by atoms with Gasteiger partial charge >= 0.3 is 0 Å². The maximum Gasteiger partial charge on any atom is 0.271 e. The van der Waals surface area contributed by atoms with Crippen LogP contribution in [0.2, 0.25) is 0 Å². The molecule has 0 saturated carbocycles. The molecule has 17 heavy (non-hydrogen) atoms. The highest BCUT2D eigenvalue weighted by molar-refractivity contribution is 5.98. The largest absolute Gasteiger partial charge is 0.395 e. The zero-order valence-electron chi connectivity index (χ0n) is 10.5. The molecule has 0 spiro atoms. The van der Waals surface area contributed by atoms with Crippen LogP contribution in [-0.4, -0.2) is 33.4 Å². The number of aromatic nitrogens is 2. The lowest BCUT2D eigenvalue weighted by atomic mass is 10.2. The zero-order chi connectivity index (χ0) is 13.0. The van der Waals surface area contributed by atoms with Crippen LogP contribution in [0.15, 0.2) is 0 Å². The van der Waals surface area contributed by atoms with Gasteiger partial charge < -0.3 is 16.2 Å². The lowest BCUT2D eigenvalue weighted by Gasteiger charge is -2.14. The number of anilines is 1. The Bertz CT molecular complexity index is 396. The molecule has 0 saturated heterocycles. The summed E-state index contributed by atoms with van der Waals surface area (Å²) in [4.78, 5) is 12.0. The summed E-state index contributed by atoms with van der Waals surface area (Å²) in [6, 6.07) is -0.248. The maximum atomic E-state index is 12.0. The van der Waals surface area contributed by atoms with Gasteiger partial charge in [0.2, 0.25) is 0 Å². The Morgan fingerprint density at radius 2 is 2.24 bits per heavy atom. The van der Waals surface area contributed by atoms with Crippen LogP contribution in [0.25, 0.3) is 0 Å². The summed E-state index contributed by atoms with van der Waals surface area (Å²) in [6.45, 7) is 3.74. The summed E-state index contributed by atoms with van der Waals surface area (Å²) in [7, 11) is 1.68. The van der Waals surface area contributed by atoms with Crippen molar-refractivity contribution in [3.8, 4) is 0 Å². The molecule has 0 bridgehead atoms. The first-order chi connectivity index (χ1) is 8.04. The average molecular weight is 240 g/mol. The molecular weight excluding hydrogens is 220 g/mol. The molecule has 0 aliphatic heterocycles. The Hall–Kier alpha value is -1.56. The first kappa shape index (κ1) is 13.5. The van der Waals surface area contributed by atoms with Crippen molar-refractivity contribution in [3.63, 3.8) is 0 Å². The normalized spacial score (nSPS) is 12.5.